The van der Waals surface area contributed by atoms with Crippen LogP contribution in [0.5, 0.6) is 0 Å². The average molecular weight is 129 g/mol. The molecule has 0 unspecified atom stereocenters. The van der Waals surface area contributed by atoms with Crippen LogP contribution in [0.15, 0.2) is 5.18 Å². The molecule has 0 fully saturated rings. The van der Waals surface area contributed by atoms with E-state index >= 15 is 0 Å². The number of thiol groups is 1. The van der Waals surface area contributed by atoms with Gasteiger partial charge in [-0.3, -0.25) is 0 Å². The van der Waals surface area contributed by atoms with Crippen LogP contribution >= 0.6 is 12.6 Å². The molecule has 0 aromatic carbocycles. The molecule has 2 radical (unpaired) electrons. The van der Waals surface area contributed by atoms with Crippen LogP contribution in [0, 0.1) is 4.91 Å². The van der Waals surface area contributed by atoms with Gasteiger partial charge >= 0.3 is 0 Å². The summed E-state index contributed by atoms with van der Waals surface area (Å²) in [4.78, 5) is 19.6. The first-order chi connectivity index (χ1) is 3.72. The van der Waals surface area contributed by atoms with Gasteiger partial charge in [0.05, 0.1) is 0 Å². The van der Waals surface area contributed by atoms with Gasteiger partial charge in [0.25, 0.3) is 0 Å². The smallest absolute Gasteiger partial charge is 0.171 e. The number of hydrogen-bond acceptors (Lipinski definition) is 4. The van der Waals surface area contributed by atoms with Crippen LogP contribution in [0.3, 0.4) is 0 Å². The van der Waals surface area contributed by atoms with Crippen LogP contribution in [-0.4, -0.2) is 25.3 Å². The Bertz CT molecular complexity index is 107. The normalized spacial score (nSPS) is 12.6. The maximum Gasteiger partial charge on any atom is 0.171 e. The summed E-state index contributed by atoms with van der Waals surface area (Å²) in [6, 6.07) is -0.974. The van der Waals surface area contributed by atoms with Gasteiger partial charge in [0.2, 0.25) is 0 Å². The minimum atomic E-state index is -0.974. The molecule has 0 aliphatic rings. The van der Waals surface area contributed by atoms with E-state index in [4.69, 9.17) is 0 Å². The lowest BCUT2D eigenvalue weighted by Crippen LogP contribution is -2.19. The predicted molar refractivity (Wildman–Crippen MR) is 34.2 cm³/mol. The Balaban J connectivity index is 3.69. The van der Waals surface area contributed by atoms with Crippen molar-refractivity contribution >= 4 is 26.2 Å². The summed E-state index contributed by atoms with van der Waals surface area (Å²) >= 11 is 3.64. The summed E-state index contributed by atoms with van der Waals surface area (Å²) in [6.45, 7) is 0. The lowest BCUT2D eigenvalue weighted by Gasteiger charge is -1.95. The fourth-order valence-electron chi connectivity index (χ4n) is 0.175. The van der Waals surface area contributed by atoms with Crippen LogP contribution in [0.2, 0.25) is 0 Å². The Labute approximate surface area is 53.6 Å². The second-order valence-corrected chi connectivity index (χ2v) is 1.57. The van der Waals surface area contributed by atoms with Crippen molar-refractivity contribution in [2.24, 2.45) is 5.18 Å². The largest absolute Gasteiger partial charge is 0.310 e. The summed E-state index contributed by atoms with van der Waals surface area (Å²) < 4.78 is 0. The SMILES string of the molecule is [B]C(=O)[C@H](CS)N=O. The van der Waals surface area contributed by atoms with Crippen molar-refractivity contribution in [3.05, 3.63) is 4.91 Å². The fraction of sp³-hybridized carbons (Fsp3) is 0.667. The van der Waals surface area contributed by atoms with Crippen molar-refractivity contribution in [1.29, 1.82) is 0 Å². The lowest BCUT2D eigenvalue weighted by molar-refractivity contribution is -0.112. The number of rotatable bonds is 3. The molecule has 0 saturated heterocycles. The van der Waals surface area contributed by atoms with Crippen molar-refractivity contribution in [1.82, 2.24) is 0 Å². The molecule has 0 aliphatic heterocycles. The molecule has 0 bridgehead atoms. The molecular weight excluding hydrogens is 125 g/mol. The molecule has 0 spiro atoms. The van der Waals surface area contributed by atoms with E-state index in [0.29, 0.717) is 0 Å². The highest BCUT2D eigenvalue weighted by molar-refractivity contribution is 7.80. The van der Waals surface area contributed by atoms with E-state index in [0.717, 1.165) is 0 Å². The number of carbonyl (C=O) groups is 1. The Hall–Kier alpha value is -0.315. The van der Waals surface area contributed by atoms with E-state index in [9.17, 15) is 9.70 Å². The molecule has 0 N–H and O–H groups in total. The van der Waals surface area contributed by atoms with Crippen LogP contribution in [-0.2, 0) is 4.79 Å². The Morgan fingerprint density at radius 3 is 2.38 bits per heavy atom. The molecule has 0 heterocycles. The maximum atomic E-state index is 10.0. The van der Waals surface area contributed by atoms with E-state index in [-0.39, 0.29) is 5.75 Å². The molecule has 1 atom stereocenters. The Morgan fingerprint density at radius 1 is 1.88 bits per heavy atom. The maximum absolute atomic E-state index is 10.0. The third-order valence-electron chi connectivity index (χ3n) is 0.629. The topological polar surface area (TPSA) is 46.5 Å². The molecule has 0 aliphatic carbocycles. The summed E-state index contributed by atoms with van der Waals surface area (Å²) in [6.07, 6.45) is 0. The minimum absolute atomic E-state index is 0.0822. The Kier molecular flexibility index (Phi) is 3.51. The number of carbonyl (C=O) groups excluding carboxylic acids is 1. The van der Waals surface area contributed by atoms with Crippen molar-refractivity contribution in [2.45, 2.75) is 6.04 Å². The van der Waals surface area contributed by atoms with Crippen molar-refractivity contribution in [3.63, 3.8) is 0 Å². The summed E-state index contributed by atoms with van der Waals surface area (Å²) in [5, 5.41) is 2.41. The molecule has 0 aromatic heterocycles. The van der Waals surface area contributed by atoms with Crippen LogP contribution < -0.4 is 0 Å². The molecule has 0 amide bonds. The van der Waals surface area contributed by atoms with Gasteiger partial charge in [-0.05, 0) is 0 Å². The van der Waals surface area contributed by atoms with E-state index in [1.807, 2.05) is 0 Å². The number of nitrogens with zero attached hydrogens (tertiary/aromatic N) is 1. The van der Waals surface area contributed by atoms with E-state index in [2.05, 4.69) is 25.7 Å². The van der Waals surface area contributed by atoms with Gasteiger partial charge in [-0.1, -0.05) is 5.18 Å². The highest BCUT2D eigenvalue weighted by Gasteiger charge is 2.09. The van der Waals surface area contributed by atoms with E-state index in [1.165, 1.54) is 0 Å². The zero-order chi connectivity index (χ0) is 6.57. The Morgan fingerprint density at radius 2 is 2.38 bits per heavy atom. The van der Waals surface area contributed by atoms with Crippen LogP contribution in [0.25, 0.3) is 0 Å². The summed E-state index contributed by atoms with van der Waals surface area (Å²) in [5.74, 6) is 0.0822. The second kappa shape index (κ2) is 3.66. The molecular formula is C3H4BNO2S. The van der Waals surface area contributed by atoms with Gasteiger partial charge in [-0.25, -0.2) is 0 Å². The quantitative estimate of drug-likeness (QED) is 0.324. The standard InChI is InChI=1S/C3H4BNO2S/c4-3(6)2(1-8)5-7/h2,8H,1H2/t2-/m0/s1. The molecule has 42 valence electrons. The average Bonchev–Trinajstić information content (AvgIpc) is 1.69. The third-order valence-corrected chi connectivity index (χ3v) is 0.974. The van der Waals surface area contributed by atoms with E-state index < -0.39 is 11.7 Å². The molecule has 0 saturated carbocycles. The summed E-state index contributed by atoms with van der Waals surface area (Å²) in [7, 11) is 4.68. The first-order valence-corrected chi connectivity index (χ1v) is 2.58. The zero-order valence-corrected chi connectivity index (χ0v) is 4.97. The number of nitroso groups, excluding NO2 is 1. The number of hydrogen-bond donors (Lipinski definition) is 1. The monoisotopic (exact) mass is 129 g/mol. The molecule has 3 nitrogen and oxygen atoms in total. The molecule has 0 aromatic rings. The highest BCUT2D eigenvalue weighted by atomic mass is 32.1. The van der Waals surface area contributed by atoms with Crippen LogP contribution in [0.4, 0.5) is 0 Å². The fourth-order valence-corrected chi connectivity index (χ4v) is 0.422. The molecule has 8 heavy (non-hydrogen) atoms. The van der Waals surface area contributed by atoms with Gasteiger partial charge in [0, 0.05) is 5.75 Å². The van der Waals surface area contributed by atoms with E-state index in [1.54, 1.807) is 0 Å². The van der Waals surface area contributed by atoms with Gasteiger partial charge < -0.3 is 4.79 Å². The first-order valence-electron chi connectivity index (χ1n) is 1.95. The van der Waals surface area contributed by atoms with Crippen molar-refractivity contribution < 1.29 is 4.79 Å². The van der Waals surface area contributed by atoms with Crippen molar-refractivity contribution in [3.8, 4) is 0 Å². The molecule has 5 heteroatoms. The third kappa shape index (κ3) is 2.11. The highest BCUT2D eigenvalue weighted by Crippen LogP contribution is 1.91. The molecule has 0 rings (SSSR count). The predicted octanol–water partition coefficient (Wildman–Crippen LogP) is -0.254. The van der Waals surface area contributed by atoms with Gasteiger partial charge in [0.1, 0.15) is 11.7 Å². The van der Waals surface area contributed by atoms with Gasteiger partial charge in [-0.15, -0.1) is 0 Å². The zero-order valence-electron chi connectivity index (χ0n) is 4.07. The minimum Gasteiger partial charge on any atom is -0.310 e. The summed E-state index contributed by atoms with van der Waals surface area (Å²) in [5.41, 5.74) is -0.727. The first kappa shape index (κ1) is 7.68. The lowest BCUT2D eigenvalue weighted by atomic mass is 9.97. The van der Waals surface area contributed by atoms with Gasteiger partial charge in [-0.2, -0.15) is 17.5 Å². The van der Waals surface area contributed by atoms with Crippen molar-refractivity contribution in [2.75, 3.05) is 5.75 Å². The van der Waals surface area contributed by atoms with Crippen LogP contribution in [0.1, 0.15) is 0 Å². The second-order valence-electron chi connectivity index (χ2n) is 1.21. The van der Waals surface area contributed by atoms with Gasteiger partial charge in [0.15, 0.2) is 7.85 Å².